The van der Waals surface area contributed by atoms with Crippen molar-refractivity contribution in [2.45, 2.75) is 26.3 Å². The second-order valence-corrected chi connectivity index (χ2v) is 7.02. The zero-order valence-corrected chi connectivity index (χ0v) is 15.4. The van der Waals surface area contributed by atoms with Gasteiger partial charge in [-0.3, -0.25) is 0 Å². The van der Waals surface area contributed by atoms with E-state index >= 15 is 0 Å². The maximum absolute atomic E-state index is 11.6. The van der Waals surface area contributed by atoms with Crippen LogP contribution in [0, 0.1) is 5.92 Å². The standard InChI is InChI=1S/C20H20ClN3O2/c1-12(2)11-17(20(25)26)23-19-15-5-3-4-6-16(15)22-18(24-19)13-7-9-14(21)10-8-13/h3-10,12,17H,11H2,1-2H3,(H,25,26)(H,22,23,24). The molecule has 3 rings (SSSR count). The highest BCUT2D eigenvalue weighted by molar-refractivity contribution is 6.30. The van der Waals surface area contributed by atoms with Crippen LogP contribution in [-0.4, -0.2) is 27.1 Å². The van der Waals surface area contributed by atoms with E-state index in [1.54, 1.807) is 12.1 Å². The fraction of sp³-hybridized carbons (Fsp3) is 0.250. The molecule has 0 fully saturated rings. The number of hydrogen-bond acceptors (Lipinski definition) is 4. The number of nitrogens with one attached hydrogen (secondary N) is 1. The molecule has 1 unspecified atom stereocenters. The molecule has 0 aliphatic heterocycles. The highest BCUT2D eigenvalue weighted by Gasteiger charge is 2.21. The van der Waals surface area contributed by atoms with Crippen LogP contribution in [0.2, 0.25) is 5.02 Å². The van der Waals surface area contributed by atoms with Gasteiger partial charge in [-0.15, -0.1) is 0 Å². The number of aromatic nitrogens is 2. The topological polar surface area (TPSA) is 75.1 Å². The summed E-state index contributed by atoms with van der Waals surface area (Å²) in [6.07, 6.45) is 0.504. The summed E-state index contributed by atoms with van der Waals surface area (Å²) < 4.78 is 0. The predicted molar refractivity (Wildman–Crippen MR) is 104 cm³/mol. The minimum absolute atomic E-state index is 0.243. The molecule has 26 heavy (non-hydrogen) atoms. The fourth-order valence-electron chi connectivity index (χ4n) is 2.77. The highest BCUT2D eigenvalue weighted by Crippen LogP contribution is 2.26. The third-order valence-electron chi connectivity index (χ3n) is 4.02. The van der Waals surface area contributed by atoms with Crippen molar-refractivity contribution in [1.82, 2.24) is 9.97 Å². The number of hydrogen-bond donors (Lipinski definition) is 2. The van der Waals surface area contributed by atoms with Gasteiger partial charge in [-0.25, -0.2) is 14.8 Å². The zero-order chi connectivity index (χ0) is 18.7. The first-order valence-corrected chi connectivity index (χ1v) is 8.84. The van der Waals surface area contributed by atoms with Crippen LogP contribution in [0.3, 0.4) is 0 Å². The van der Waals surface area contributed by atoms with E-state index < -0.39 is 12.0 Å². The first kappa shape index (κ1) is 18.1. The summed E-state index contributed by atoms with van der Waals surface area (Å²) in [7, 11) is 0. The molecule has 2 N–H and O–H groups in total. The van der Waals surface area contributed by atoms with Gasteiger partial charge in [0, 0.05) is 16.0 Å². The summed E-state index contributed by atoms with van der Waals surface area (Å²) in [5.74, 6) is 0.395. The third-order valence-corrected chi connectivity index (χ3v) is 4.27. The molecule has 3 aromatic rings. The van der Waals surface area contributed by atoms with E-state index in [9.17, 15) is 9.90 Å². The van der Waals surface area contributed by atoms with Gasteiger partial charge < -0.3 is 10.4 Å². The Labute approximate surface area is 157 Å². The van der Waals surface area contributed by atoms with Crippen LogP contribution in [-0.2, 0) is 4.79 Å². The molecule has 1 aromatic heterocycles. The van der Waals surface area contributed by atoms with Gasteiger partial charge in [-0.05, 0) is 48.7 Å². The Kier molecular flexibility index (Phi) is 5.38. The van der Waals surface area contributed by atoms with Crippen molar-refractivity contribution in [3.05, 3.63) is 53.6 Å². The lowest BCUT2D eigenvalue weighted by Crippen LogP contribution is -2.31. The van der Waals surface area contributed by atoms with E-state index in [1.807, 2.05) is 50.2 Å². The first-order chi connectivity index (χ1) is 12.4. The van der Waals surface area contributed by atoms with E-state index in [0.717, 1.165) is 16.5 Å². The van der Waals surface area contributed by atoms with Crippen molar-refractivity contribution in [3.8, 4) is 11.4 Å². The number of carbonyl (C=O) groups is 1. The molecule has 0 saturated heterocycles. The second kappa shape index (κ2) is 7.70. The average molecular weight is 370 g/mol. The van der Waals surface area contributed by atoms with Gasteiger partial charge in [0.25, 0.3) is 0 Å². The number of halogens is 1. The van der Waals surface area contributed by atoms with Crippen LogP contribution in [0.5, 0.6) is 0 Å². The largest absolute Gasteiger partial charge is 0.480 e. The number of anilines is 1. The number of para-hydroxylation sites is 1. The summed E-state index contributed by atoms with van der Waals surface area (Å²) >= 11 is 5.96. The summed E-state index contributed by atoms with van der Waals surface area (Å²) in [5.41, 5.74) is 1.57. The van der Waals surface area contributed by atoms with Crippen molar-refractivity contribution in [2.24, 2.45) is 5.92 Å². The predicted octanol–water partition coefficient (Wildman–Crippen LogP) is 4.86. The molecule has 0 saturated carbocycles. The van der Waals surface area contributed by atoms with E-state index in [4.69, 9.17) is 11.6 Å². The molecule has 0 bridgehead atoms. The van der Waals surface area contributed by atoms with Gasteiger partial charge in [0.15, 0.2) is 5.82 Å². The van der Waals surface area contributed by atoms with Crippen LogP contribution in [0.4, 0.5) is 5.82 Å². The molecule has 0 aliphatic carbocycles. The van der Waals surface area contributed by atoms with Crippen LogP contribution in [0.15, 0.2) is 48.5 Å². The first-order valence-electron chi connectivity index (χ1n) is 8.46. The van der Waals surface area contributed by atoms with Crippen molar-refractivity contribution in [2.75, 3.05) is 5.32 Å². The minimum atomic E-state index is -0.894. The molecule has 0 radical (unpaired) electrons. The van der Waals surface area contributed by atoms with Crippen LogP contribution in [0.25, 0.3) is 22.3 Å². The molecule has 6 heteroatoms. The summed E-state index contributed by atoms with van der Waals surface area (Å²) in [4.78, 5) is 20.9. The Morgan fingerprint density at radius 3 is 2.46 bits per heavy atom. The molecule has 134 valence electrons. The number of nitrogens with zero attached hydrogens (tertiary/aromatic N) is 2. The maximum Gasteiger partial charge on any atom is 0.326 e. The molecule has 0 amide bonds. The monoisotopic (exact) mass is 369 g/mol. The SMILES string of the molecule is CC(C)CC(Nc1nc(-c2ccc(Cl)cc2)nc2ccccc12)C(=O)O. The normalized spacial score (nSPS) is 12.3. The average Bonchev–Trinajstić information content (AvgIpc) is 2.61. The molecule has 2 aromatic carbocycles. The number of rotatable bonds is 6. The van der Waals surface area contributed by atoms with Gasteiger partial charge in [0.2, 0.25) is 0 Å². The van der Waals surface area contributed by atoms with Crippen molar-refractivity contribution < 1.29 is 9.90 Å². The smallest absolute Gasteiger partial charge is 0.326 e. The van der Waals surface area contributed by atoms with Gasteiger partial charge in [-0.2, -0.15) is 0 Å². The number of aliphatic carboxylic acids is 1. The summed E-state index contributed by atoms with van der Waals surface area (Å²) in [5, 5.41) is 14.1. The Bertz CT molecular complexity index is 926. The quantitative estimate of drug-likeness (QED) is 0.648. The van der Waals surface area contributed by atoms with Gasteiger partial charge in [0.1, 0.15) is 11.9 Å². The molecule has 1 heterocycles. The lowest BCUT2D eigenvalue weighted by Gasteiger charge is -2.18. The Morgan fingerprint density at radius 1 is 1.12 bits per heavy atom. The molecule has 0 aliphatic rings. The van der Waals surface area contributed by atoms with Crippen LogP contribution in [0.1, 0.15) is 20.3 Å². The van der Waals surface area contributed by atoms with E-state index in [1.165, 1.54) is 0 Å². The van der Waals surface area contributed by atoms with Crippen LogP contribution < -0.4 is 5.32 Å². The second-order valence-electron chi connectivity index (χ2n) is 6.58. The van der Waals surface area contributed by atoms with Crippen molar-refractivity contribution >= 4 is 34.3 Å². The fourth-order valence-corrected chi connectivity index (χ4v) is 2.90. The minimum Gasteiger partial charge on any atom is -0.480 e. The zero-order valence-electron chi connectivity index (χ0n) is 14.6. The number of carboxylic acids is 1. The van der Waals surface area contributed by atoms with Crippen LogP contribution >= 0.6 is 11.6 Å². The van der Waals surface area contributed by atoms with Gasteiger partial charge in [0.05, 0.1) is 5.52 Å². The number of benzene rings is 2. The Balaban J connectivity index is 2.07. The van der Waals surface area contributed by atoms with Crippen molar-refractivity contribution in [3.63, 3.8) is 0 Å². The van der Waals surface area contributed by atoms with Gasteiger partial charge >= 0.3 is 5.97 Å². The number of fused-ring (bicyclic) bond motifs is 1. The maximum atomic E-state index is 11.6. The third kappa shape index (κ3) is 4.11. The lowest BCUT2D eigenvalue weighted by molar-refractivity contribution is -0.138. The summed E-state index contributed by atoms with van der Waals surface area (Å²) in [6.45, 7) is 3.99. The molecular weight excluding hydrogens is 350 g/mol. The highest BCUT2D eigenvalue weighted by atomic mass is 35.5. The number of carboxylic acid groups (broad SMARTS) is 1. The Morgan fingerprint density at radius 2 is 1.81 bits per heavy atom. The molecule has 1 atom stereocenters. The molecular formula is C20H20ClN3O2. The van der Waals surface area contributed by atoms with Gasteiger partial charge in [-0.1, -0.05) is 37.6 Å². The molecule has 0 spiro atoms. The van der Waals surface area contributed by atoms with E-state index in [-0.39, 0.29) is 5.92 Å². The van der Waals surface area contributed by atoms with E-state index in [0.29, 0.717) is 23.1 Å². The van der Waals surface area contributed by atoms with E-state index in [2.05, 4.69) is 15.3 Å². The summed E-state index contributed by atoms with van der Waals surface area (Å²) in [6, 6.07) is 14.1. The molecule has 5 nitrogen and oxygen atoms in total. The Hall–Kier alpha value is -2.66. The lowest BCUT2D eigenvalue weighted by atomic mass is 10.0. The van der Waals surface area contributed by atoms with Crippen molar-refractivity contribution in [1.29, 1.82) is 0 Å².